The van der Waals surface area contributed by atoms with Crippen molar-refractivity contribution in [2.45, 2.75) is 24.3 Å². The summed E-state index contributed by atoms with van der Waals surface area (Å²) in [6.07, 6.45) is -0.950. The Hall–Kier alpha value is -1.23. The molecule has 2 aromatic rings. The van der Waals surface area contributed by atoms with Gasteiger partial charge in [-0.15, -0.1) is 0 Å². The Labute approximate surface area is 155 Å². The van der Waals surface area contributed by atoms with Gasteiger partial charge in [0.1, 0.15) is 0 Å². The van der Waals surface area contributed by atoms with Crippen molar-refractivity contribution in [2.75, 3.05) is 5.75 Å². The molecule has 0 amide bonds. The van der Waals surface area contributed by atoms with Gasteiger partial charge < -0.3 is 0 Å². The third-order valence-corrected chi connectivity index (χ3v) is 8.63. The van der Waals surface area contributed by atoms with Crippen LogP contribution in [0.15, 0.2) is 53.0 Å². The van der Waals surface area contributed by atoms with Crippen molar-refractivity contribution in [3.8, 4) is 0 Å². The number of thioether (sulfide) groups is 1. The molecule has 1 nitrogen and oxygen atoms in total. The third kappa shape index (κ3) is 3.53. The Balaban J connectivity index is 2.14. The van der Waals surface area contributed by atoms with Crippen molar-refractivity contribution in [1.82, 2.24) is 0 Å². The molecule has 132 valence electrons. The van der Waals surface area contributed by atoms with Crippen molar-refractivity contribution < 1.29 is 18.0 Å². The van der Waals surface area contributed by atoms with Crippen molar-refractivity contribution >= 4 is 32.6 Å². The van der Waals surface area contributed by atoms with E-state index in [1.54, 1.807) is 23.9 Å². The van der Waals surface area contributed by atoms with Crippen LogP contribution in [0.5, 0.6) is 0 Å². The SMILES string of the molecule is CC1=C[C@H](CC=O)[C@](c2ccc(C(F)(F)F)cc2)(c2ccc[se]2)SC1. The zero-order chi connectivity index (χ0) is 18.1. The van der Waals surface area contributed by atoms with Gasteiger partial charge in [0.05, 0.1) is 0 Å². The van der Waals surface area contributed by atoms with E-state index < -0.39 is 16.5 Å². The fourth-order valence-electron chi connectivity index (χ4n) is 3.27. The molecule has 0 spiro atoms. The Morgan fingerprint density at radius 2 is 2.00 bits per heavy atom. The van der Waals surface area contributed by atoms with E-state index in [4.69, 9.17) is 0 Å². The van der Waals surface area contributed by atoms with Crippen molar-refractivity contribution in [3.05, 3.63) is 68.6 Å². The summed E-state index contributed by atoms with van der Waals surface area (Å²) in [4.78, 5) is 13.4. The first-order valence-electron chi connectivity index (χ1n) is 7.84. The van der Waals surface area contributed by atoms with E-state index in [2.05, 4.69) is 17.1 Å². The molecule has 6 heteroatoms. The average molecular weight is 429 g/mol. The molecule has 1 aromatic heterocycles. The summed E-state index contributed by atoms with van der Waals surface area (Å²) in [7, 11) is 0. The quantitative estimate of drug-likeness (QED) is 0.391. The van der Waals surface area contributed by atoms with Gasteiger partial charge in [-0.1, -0.05) is 0 Å². The van der Waals surface area contributed by atoms with Crippen LogP contribution in [-0.4, -0.2) is 26.5 Å². The van der Waals surface area contributed by atoms with E-state index in [1.165, 1.54) is 10.0 Å². The van der Waals surface area contributed by atoms with Gasteiger partial charge >= 0.3 is 155 Å². The van der Waals surface area contributed by atoms with Crippen LogP contribution in [0.4, 0.5) is 13.2 Å². The van der Waals surface area contributed by atoms with Crippen LogP contribution in [0.2, 0.25) is 0 Å². The number of hydrogen-bond donors (Lipinski definition) is 0. The molecule has 0 unspecified atom stereocenters. The van der Waals surface area contributed by atoms with Crippen LogP contribution in [0, 0.1) is 5.92 Å². The third-order valence-electron chi connectivity index (χ3n) is 4.41. The minimum absolute atomic E-state index is 0.0477. The van der Waals surface area contributed by atoms with E-state index >= 15 is 0 Å². The molecule has 2 heterocycles. The normalized spacial score (nSPS) is 24.0. The molecule has 1 aliphatic heterocycles. The van der Waals surface area contributed by atoms with E-state index in [0.717, 1.165) is 29.7 Å². The summed E-state index contributed by atoms with van der Waals surface area (Å²) in [5.74, 6) is 0.762. The Kier molecular flexibility index (Phi) is 5.33. The zero-order valence-corrected chi connectivity index (χ0v) is 16.1. The molecular weight excluding hydrogens is 412 g/mol. The molecule has 0 saturated carbocycles. The molecule has 1 aromatic carbocycles. The average Bonchev–Trinajstić information content (AvgIpc) is 3.10. The van der Waals surface area contributed by atoms with E-state index in [-0.39, 0.29) is 20.4 Å². The van der Waals surface area contributed by atoms with Crippen molar-refractivity contribution in [1.29, 1.82) is 0 Å². The number of alkyl halides is 3. The summed E-state index contributed by atoms with van der Waals surface area (Å²) >= 11 is 1.88. The number of carbonyl (C=O) groups excluding carboxylic acids is 1. The standard InChI is InChI=1S/C19H17F3OSSe/c1-13-11-16(8-9-23)18(24-12-13,17-3-2-10-25-17)14-4-6-15(7-5-14)19(20,21)22/h2-7,9-11,16H,8,12H2,1H3/t16-,18+/m0/s1. The number of aldehydes is 1. The zero-order valence-electron chi connectivity index (χ0n) is 13.5. The molecule has 0 bridgehead atoms. The summed E-state index contributed by atoms with van der Waals surface area (Å²) in [6, 6.07) is 9.53. The molecule has 0 saturated heterocycles. The molecule has 2 atom stereocenters. The summed E-state index contributed by atoms with van der Waals surface area (Å²) in [6.45, 7) is 2.04. The van der Waals surface area contributed by atoms with Gasteiger partial charge in [-0.2, -0.15) is 0 Å². The fraction of sp³-hybridized carbons (Fsp3) is 0.316. The molecule has 3 rings (SSSR count). The first kappa shape index (κ1) is 18.6. The second kappa shape index (κ2) is 7.18. The van der Waals surface area contributed by atoms with Gasteiger partial charge in [-0.3, -0.25) is 0 Å². The Bertz CT molecular complexity index is 765. The first-order valence-corrected chi connectivity index (χ1v) is 10.7. The van der Waals surface area contributed by atoms with Crippen LogP contribution in [0.25, 0.3) is 0 Å². The number of hydrogen-bond acceptors (Lipinski definition) is 2. The van der Waals surface area contributed by atoms with Crippen LogP contribution in [0.1, 0.15) is 28.9 Å². The van der Waals surface area contributed by atoms with Crippen LogP contribution < -0.4 is 0 Å². The van der Waals surface area contributed by atoms with Gasteiger partial charge in [-0.25, -0.2) is 0 Å². The van der Waals surface area contributed by atoms with E-state index in [9.17, 15) is 18.0 Å². The topological polar surface area (TPSA) is 17.1 Å². The number of benzene rings is 1. The number of halogens is 3. The van der Waals surface area contributed by atoms with Gasteiger partial charge in [-0.05, 0) is 0 Å². The molecule has 25 heavy (non-hydrogen) atoms. The molecule has 1 aliphatic rings. The van der Waals surface area contributed by atoms with Crippen LogP contribution in [-0.2, 0) is 15.7 Å². The maximum atomic E-state index is 12.9. The van der Waals surface area contributed by atoms with Gasteiger partial charge in [0.25, 0.3) is 0 Å². The maximum absolute atomic E-state index is 12.9. The molecule has 0 radical (unpaired) electrons. The van der Waals surface area contributed by atoms with E-state index in [1.807, 2.05) is 13.0 Å². The minimum atomic E-state index is -4.35. The predicted octanol–water partition coefficient (Wildman–Crippen LogP) is 4.90. The number of carbonyl (C=O) groups is 1. The van der Waals surface area contributed by atoms with Gasteiger partial charge in [0.2, 0.25) is 0 Å². The van der Waals surface area contributed by atoms with Gasteiger partial charge in [0, 0.05) is 0 Å². The number of rotatable bonds is 4. The molecule has 0 fully saturated rings. The molecule has 0 N–H and O–H groups in total. The van der Waals surface area contributed by atoms with Crippen LogP contribution in [0.3, 0.4) is 0 Å². The van der Waals surface area contributed by atoms with Crippen molar-refractivity contribution in [3.63, 3.8) is 0 Å². The number of allylic oxidation sites excluding steroid dienone is 1. The first-order chi connectivity index (χ1) is 11.9. The monoisotopic (exact) mass is 430 g/mol. The summed E-state index contributed by atoms with van der Waals surface area (Å²) in [5.41, 5.74) is 1.41. The van der Waals surface area contributed by atoms with Crippen molar-refractivity contribution in [2.24, 2.45) is 5.92 Å². The molecular formula is C19H17F3OSSe. The summed E-state index contributed by atoms with van der Waals surface area (Å²) in [5, 5.41) is 0. The fourth-order valence-corrected chi connectivity index (χ4v) is 7.23. The predicted molar refractivity (Wildman–Crippen MR) is 96.0 cm³/mol. The van der Waals surface area contributed by atoms with Gasteiger partial charge in [0.15, 0.2) is 0 Å². The second-order valence-corrected chi connectivity index (χ2v) is 9.31. The van der Waals surface area contributed by atoms with E-state index in [0.29, 0.717) is 6.42 Å². The Morgan fingerprint density at radius 3 is 2.56 bits per heavy atom. The summed E-state index contributed by atoms with van der Waals surface area (Å²) < 4.78 is 39.5. The molecule has 0 aliphatic carbocycles. The Morgan fingerprint density at radius 1 is 1.28 bits per heavy atom. The van der Waals surface area contributed by atoms with Crippen LogP contribution >= 0.6 is 11.8 Å². The second-order valence-electron chi connectivity index (χ2n) is 6.10.